The highest BCUT2D eigenvalue weighted by molar-refractivity contribution is 6.01. The fraction of sp³-hybridized carbons (Fsp3) is 0.632. The van der Waals surface area contributed by atoms with Crippen LogP contribution < -0.4 is 0 Å². The molecular weight excluding hydrogens is 343 g/mol. The van der Waals surface area contributed by atoms with Gasteiger partial charge in [-0.15, -0.1) is 0 Å². The summed E-state index contributed by atoms with van der Waals surface area (Å²) in [5.41, 5.74) is -4.21. The van der Waals surface area contributed by atoms with E-state index in [4.69, 9.17) is 9.47 Å². The van der Waals surface area contributed by atoms with Gasteiger partial charge in [0.25, 0.3) is 0 Å². The normalized spacial score (nSPS) is 39.7. The van der Waals surface area contributed by atoms with Crippen molar-refractivity contribution in [2.45, 2.75) is 64.0 Å². The summed E-state index contributed by atoms with van der Waals surface area (Å²) in [4.78, 5) is 36.4. The van der Waals surface area contributed by atoms with E-state index in [9.17, 15) is 19.5 Å². The van der Waals surface area contributed by atoms with Crippen molar-refractivity contribution in [1.29, 1.82) is 0 Å². The molecule has 3 rings (SSSR count). The average molecular weight is 366 g/mol. The van der Waals surface area contributed by atoms with Crippen molar-refractivity contribution in [2.24, 2.45) is 11.8 Å². The van der Waals surface area contributed by atoms with Crippen LogP contribution >= 0.6 is 0 Å². The molecule has 1 heterocycles. The summed E-state index contributed by atoms with van der Waals surface area (Å²) in [6, 6.07) is 0. The second kappa shape index (κ2) is 5.74. The first-order chi connectivity index (χ1) is 11.9. The highest BCUT2D eigenvalue weighted by Crippen LogP contribution is 2.55. The fourth-order valence-electron chi connectivity index (χ4n) is 4.14. The summed E-state index contributed by atoms with van der Waals surface area (Å²) in [6.07, 6.45) is -2.91. The number of hydrogen-bond donors (Lipinski definition) is 1. The second-order valence-corrected chi connectivity index (χ2v) is 7.92. The zero-order valence-corrected chi connectivity index (χ0v) is 15.3. The highest BCUT2D eigenvalue weighted by Gasteiger charge is 2.66. The first-order valence-corrected chi connectivity index (χ1v) is 8.66. The topological polar surface area (TPSA) is 89.9 Å². The molecule has 142 valence electrons. The van der Waals surface area contributed by atoms with E-state index in [1.54, 1.807) is 13.8 Å². The lowest BCUT2D eigenvalue weighted by molar-refractivity contribution is -0.161. The van der Waals surface area contributed by atoms with Gasteiger partial charge in [-0.25, -0.2) is 9.18 Å². The number of carbonyl (C=O) groups excluding carboxylic acids is 3. The number of fused-ring (bicyclic) bond motifs is 3. The molecule has 26 heavy (non-hydrogen) atoms. The van der Waals surface area contributed by atoms with Gasteiger partial charge in [0.1, 0.15) is 17.8 Å². The minimum absolute atomic E-state index is 0.0346. The standard InChI is InChI=1S/C19H23FO6/c1-8(2)16(22)25-12-7-18(5,24)19(20)6-11(21)9(3)14(19)15-13(12)10(4)17(23)26-15/h8,12-13,15,24H,4,6-7H2,1-3,5H3/t12-,13-,15+,18-,19+/m1/s1. The molecule has 0 radical (unpaired) electrons. The van der Waals surface area contributed by atoms with Crippen molar-refractivity contribution in [2.75, 3.05) is 0 Å². The summed E-state index contributed by atoms with van der Waals surface area (Å²) in [7, 11) is 0. The lowest BCUT2D eigenvalue weighted by Gasteiger charge is -2.37. The number of Topliss-reactive ketones (excluding diaryl/α,β-unsaturated/α-hetero) is 1. The Hall–Kier alpha value is -2.02. The maximum absolute atomic E-state index is 16.0. The van der Waals surface area contributed by atoms with Crippen molar-refractivity contribution in [3.8, 4) is 0 Å². The van der Waals surface area contributed by atoms with Gasteiger partial charge in [0, 0.05) is 17.6 Å². The van der Waals surface area contributed by atoms with E-state index in [-0.39, 0.29) is 23.1 Å². The molecule has 2 aliphatic carbocycles. The van der Waals surface area contributed by atoms with Gasteiger partial charge in [0.05, 0.1) is 18.3 Å². The molecular formula is C19H23FO6. The van der Waals surface area contributed by atoms with E-state index in [1.807, 2.05) is 0 Å². The summed E-state index contributed by atoms with van der Waals surface area (Å²) in [6.45, 7) is 9.75. The first-order valence-electron chi connectivity index (χ1n) is 8.66. The van der Waals surface area contributed by atoms with Crippen LogP contribution in [0.1, 0.15) is 40.5 Å². The van der Waals surface area contributed by atoms with Crippen LogP contribution in [0.25, 0.3) is 0 Å². The molecule has 5 atom stereocenters. The van der Waals surface area contributed by atoms with Crippen molar-refractivity contribution < 1.29 is 33.4 Å². The molecule has 0 aromatic heterocycles. The molecule has 0 aromatic carbocycles. The maximum atomic E-state index is 16.0. The average Bonchev–Trinajstić information content (AvgIpc) is 2.90. The predicted octanol–water partition coefficient (Wildman–Crippen LogP) is 1.80. The number of allylic oxidation sites excluding steroid dienone is 1. The van der Waals surface area contributed by atoms with Gasteiger partial charge >= 0.3 is 11.9 Å². The first kappa shape index (κ1) is 18.8. The van der Waals surface area contributed by atoms with Gasteiger partial charge in [-0.1, -0.05) is 20.4 Å². The van der Waals surface area contributed by atoms with Gasteiger partial charge in [-0.2, -0.15) is 0 Å². The SMILES string of the molecule is C=C1C(=O)O[C@@H]2C3=C(C)C(=O)C[C@@]3(F)[C@](C)(O)C[C@@H](OC(=O)C(C)C)[C@@H]12. The molecule has 2 fully saturated rings. The number of rotatable bonds is 2. The number of carbonyl (C=O) groups is 3. The Morgan fingerprint density at radius 1 is 1.42 bits per heavy atom. The molecule has 7 heteroatoms. The number of hydrogen-bond acceptors (Lipinski definition) is 6. The Kier molecular flexibility index (Phi) is 4.14. The Bertz CT molecular complexity index is 749. The fourth-order valence-corrected chi connectivity index (χ4v) is 4.14. The van der Waals surface area contributed by atoms with E-state index in [0.717, 1.165) is 0 Å². The summed E-state index contributed by atoms with van der Waals surface area (Å²) >= 11 is 0. The lowest BCUT2D eigenvalue weighted by Crippen LogP contribution is -2.51. The third-order valence-electron chi connectivity index (χ3n) is 5.75. The van der Waals surface area contributed by atoms with E-state index in [2.05, 4.69) is 6.58 Å². The number of ketones is 1. The highest BCUT2D eigenvalue weighted by atomic mass is 19.1. The molecule has 0 aromatic rings. The monoisotopic (exact) mass is 366 g/mol. The van der Waals surface area contributed by atoms with E-state index in [0.29, 0.717) is 0 Å². The van der Waals surface area contributed by atoms with Gasteiger partial charge in [-0.05, 0) is 19.4 Å². The van der Waals surface area contributed by atoms with E-state index >= 15 is 4.39 Å². The predicted molar refractivity (Wildman–Crippen MR) is 88.6 cm³/mol. The molecule has 3 aliphatic rings. The number of alkyl halides is 1. The van der Waals surface area contributed by atoms with Gasteiger partial charge in [0.15, 0.2) is 11.5 Å². The van der Waals surface area contributed by atoms with E-state index < -0.39 is 59.5 Å². The van der Waals surface area contributed by atoms with Gasteiger partial charge in [-0.3, -0.25) is 9.59 Å². The summed E-state index contributed by atoms with van der Waals surface area (Å²) < 4.78 is 26.8. The molecule has 1 N–H and O–H groups in total. The number of aliphatic hydroxyl groups is 1. The molecule has 6 nitrogen and oxygen atoms in total. The third kappa shape index (κ3) is 2.44. The third-order valence-corrected chi connectivity index (χ3v) is 5.75. The molecule has 0 amide bonds. The Balaban J connectivity index is 2.15. The maximum Gasteiger partial charge on any atom is 0.334 e. The van der Waals surface area contributed by atoms with Crippen LogP contribution in [0.15, 0.2) is 23.3 Å². The molecule has 0 bridgehead atoms. The van der Waals surface area contributed by atoms with Crippen LogP contribution in [-0.2, 0) is 23.9 Å². The quantitative estimate of drug-likeness (QED) is 0.592. The molecule has 1 saturated carbocycles. The second-order valence-electron chi connectivity index (χ2n) is 7.92. The van der Waals surface area contributed by atoms with Crippen molar-refractivity contribution in [3.63, 3.8) is 0 Å². The van der Waals surface area contributed by atoms with Crippen LogP contribution in [0.4, 0.5) is 4.39 Å². The van der Waals surface area contributed by atoms with Crippen LogP contribution in [0.2, 0.25) is 0 Å². The molecule has 0 unspecified atom stereocenters. The van der Waals surface area contributed by atoms with Crippen LogP contribution in [-0.4, -0.2) is 46.3 Å². The number of ether oxygens (including phenoxy) is 2. The smallest absolute Gasteiger partial charge is 0.334 e. The zero-order valence-electron chi connectivity index (χ0n) is 15.3. The van der Waals surface area contributed by atoms with Gasteiger partial charge < -0.3 is 14.6 Å². The molecule has 0 spiro atoms. The largest absolute Gasteiger partial charge is 0.461 e. The van der Waals surface area contributed by atoms with Crippen molar-refractivity contribution >= 4 is 17.7 Å². The Morgan fingerprint density at radius 2 is 2.04 bits per heavy atom. The number of halogens is 1. The zero-order chi connectivity index (χ0) is 19.6. The summed E-state index contributed by atoms with van der Waals surface area (Å²) in [5.74, 6) is -2.96. The van der Waals surface area contributed by atoms with Crippen LogP contribution in [0, 0.1) is 11.8 Å². The molecule has 1 saturated heterocycles. The van der Waals surface area contributed by atoms with Crippen molar-refractivity contribution in [3.05, 3.63) is 23.3 Å². The van der Waals surface area contributed by atoms with Crippen LogP contribution in [0.5, 0.6) is 0 Å². The lowest BCUT2D eigenvalue weighted by atomic mass is 9.78. The minimum atomic E-state index is -2.39. The van der Waals surface area contributed by atoms with Crippen molar-refractivity contribution in [1.82, 2.24) is 0 Å². The Labute approximate surface area is 151 Å². The van der Waals surface area contributed by atoms with E-state index in [1.165, 1.54) is 13.8 Å². The summed E-state index contributed by atoms with van der Waals surface area (Å²) in [5, 5.41) is 10.9. The Morgan fingerprint density at radius 3 is 2.62 bits per heavy atom. The number of esters is 2. The molecule has 1 aliphatic heterocycles. The van der Waals surface area contributed by atoms with Crippen LogP contribution in [0.3, 0.4) is 0 Å². The van der Waals surface area contributed by atoms with Gasteiger partial charge in [0.2, 0.25) is 0 Å². The minimum Gasteiger partial charge on any atom is -0.461 e.